The van der Waals surface area contributed by atoms with Gasteiger partial charge in [-0.3, -0.25) is 4.98 Å². The monoisotopic (exact) mass is 488 g/mol. The van der Waals surface area contributed by atoms with Crippen LogP contribution in [0.3, 0.4) is 0 Å². The van der Waals surface area contributed by atoms with Crippen LogP contribution in [0.5, 0.6) is 0 Å². The molecule has 1 fully saturated rings. The molecule has 0 saturated heterocycles. The van der Waals surface area contributed by atoms with Crippen molar-refractivity contribution >= 4 is 5.70 Å². The summed E-state index contributed by atoms with van der Waals surface area (Å²) < 4.78 is 14.2. The smallest absolute Gasteiger partial charge is 0.144 e. The Hall–Kier alpha value is -2.92. The Balaban J connectivity index is 1.72. The SMILES string of the molecule is C=C(C)N(/C=C\C)Cc1cc(CN(C)C)c2c(c1)C(=C)N(Cc1cc(CCC)c(F)cn1)CC21CC1. The molecule has 0 radical (unpaired) electrons. The largest absolute Gasteiger partial charge is 0.365 e. The van der Waals surface area contributed by atoms with Crippen molar-refractivity contribution in [1.82, 2.24) is 19.7 Å². The van der Waals surface area contributed by atoms with Gasteiger partial charge in [0.1, 0.15) is 5.82 Å². The number of benzene rings is 1. The van der Waals surface area contributed by atoms with Crippen LogP contribution >= 0.6 is 0 Å². The van der Waals surface area contributed by atoms with Crippen LogP contribution in [0.25, 0.3) is 5.70 Å². The summed E-state index contributed by atoms with van der Waals surface area (Å²) >= 11 is 0. The molecule has 2 aromatic rings. The highest BCUT2D eigenvalue weighted by Gasteiger charge is 2.51. The Kier molecular flexibility index (Phi) is 7.70. The summed E-state index contributed by atoms with van der Waals surface area (Å²) in [7, 11) is 4.27. The normalized spacial score (nSPS) is 16.2. The molecule has 0 amide bonds. The topological polar surface area (TPSA) is 22.6 Å². The summed E-state index contributed by atoms with van der Waals surface area (Å²) in [5.74, 6) is -0.205. The average molecular weight is 489 g/mol. The third kappa shape index (κ3) is 5.41. The van der Waals surface area contributed by atoms with Crippen molar-refractivity contribution in [2.75, 3.05) is 20.6 Å². The Morgan fingerprint density at radius 1 is 1.19 bits per heavy atom. The van der Waals surface area contributed by atoms with E-state index in [9.17, 15) is 4.39 Å². The number of pyridine rings is 1. The van der Waals surface area contributed by atoms with E-state index in [0.29, 0.717) is 6.54 Å². The Morgan fingerprint density at radius 2 is 1.94 bits per heavy atom. The molecule has 1 aromatic carbocycles. The fourth-order valence-corrected chi connectivity index (χ4v) is 5.56. The van der Waals surface area contributed by atoms with Crippen LogP contribution in [0.1, 0.15) is 73.5 Å². The quantitative estimate of drug-likeness (QED) is 0.375. The van der Waals surface area contributed by atoms with E-state index in [1.807, 2.05) is 19.9 Å². The first-order valence-corrected chi connectivity index (χ1v) is 13.1. The average Bonchev–Trinajstić information content (AvgIpc) is 3.58. The zero-order valence-electron chi connectivity index (χ0n) is 22.7. The molecule has 192 valence electrons. The summed E-state index contributed by atoms with van der Waals surface area (Å²) in [6.45, 7) is 18.2. The fourth-order valence-electron chi connectivity index (χ4n) is 5.56. The third-order valence-electron chi connectivity index (χ3n) is 7.37. The van der Waals surface area contributed by atoms with Crippen molar-refractivity contribution < 1.29 is 4.39 Å². The molecule has 0 atom stereocenters. The second-order valence-corrected chi connectivity index (χ2v) is 10.9. The highest BCUT2D eigenvalue weighted by Crippen LogP contribution is 2.56. The number of fused-ring (bicyclic) bond motifs is 2. The molecule has 1 spiro atoms. The second-order valence-electron chi connectivity index (χ2n) is 10.9. The Labute approximate surface area is 216 Å². The third-order valence-corrected chi connectivity index (χ3v) is 7.37. The van der Waals surface area contributed by atoms with Crippen LogP contribution in [-0.2, 0) is 31.5 Å². The molecule has 0 N–H and O–H groups in total. The standard InChI is InChI=1S/C31H41FN4/c1-8-10-25-16-27(33-17-29(25)32)20-36-21-31(11-12-31)30-26(19-34(6)7)14-24(15-28(30)23(36)5)18-35(13-9-2)22(3)4/h9,13-17H,3,5,8,10-12,18-21H2,1-2,4,6-7H3/b13-9-. The van der Waals surface area contributed by atoms with E-state index in [4.69, 9.17) is 0 Å². The van der Waals surface area contributed by atoms with Gasteiger partial charge in [-0.25, -0.2) is 4.39 Å². The van der Waals surface area contributed by atoms with Crippen molar-refractivity contribution in [1.29, 1.82) is 0 Å². The minimum atomic E-state index is -0.205. The van der Waals surface area contributed by atoms with E-state index in [1.165, 1.54) is 41.3 Å². The van der Waals surface area contributed by atoms with Gasteiger partial charge in [-0.15, -0.1) is 0 Å². The number of rotatable bonds is 10. The van der Waals surface area contributed by atoms with Crippen LogP contribution < -0.4 is 0 Å². The van der Waals surface area contributed by atoms with Gasteiger partial charge in [-0.05, 0) is 87.8 Å². The van der Waals surface area contributed by atoms with Crippen molar-refractivity contribution in [2.45, 2.75) is 71.5 Å². The van der Waals surface area contributed by atoms with E-state index in [0.717, 1.165) is 55.1 Å². The predicted octanol–water partition coefficient (Wildman–Crippen LogP) is 6.62. The summed E-state index contributed by atoms with van der Waals surface area (Å²) in [5, 5.41) is 0. The Morgan fingerprint density at radius 3 is 2.56 bits per heavy atom. The molecular formula is C31H41FN4. The number of hydrogen-bond donors (Lipinski definition) is 0. The van der Waals surface area contributed by atoms with Crippen LogP contribution in [0.4, 0.5) is 4.39 Å². The number of nitrogens with zero attached hydrogens (tertiary/aromatic N) is 4. The molecule has 1 aliphatic carbocycles. The maximum Gasteiger partial charge on any atom is 0.144 e. The lowest BCUT2D eigenvalue weighted by molar-refractivity contribution is 0.327. The van der Waals surface area contributed by atoms with E-state index in [2.05, 4.69) is 78.3 Å². The van der Waals surface area contributed by atoms with Crippen LogP contribution in [-0.4, -0.2) is 40.3 Å². The second kappa shape index (κ2) is 10.6. The van der Waals surface area contributed by atoms with Gasteiger partial charge in [0.15, 0.2) is 0 Å². The molecule has 2 heterocycles. The van der Waals surface area contributed by atoms with E-state index >= 15 is 0 Å². The predicted molar refractivity (Wildman–Crippen MR) is 148 cm³/mol. The van der Waals surface area contributed by atoms with Crippen LogP contribution in [0, 0.1) is 5.82 Å². The van der Waals surface area contributed by atoms with Gasteiger partial charge in [0.25, 0.3) is 0 Å². The van der Waals surface area contributed by atoms with Gasteiger partial charge >= 0.3 is 0 Å². The van der Waals surface area contributed by atoms with Crippen molar-refractivity contribution in [2.24, 2.45) is 0 Å². The summed E-state index contributed by atoms with van der Waals surface area (Å²) in [4.78, 5) is 11.3. The number of halogens is 1. The highest BCUT2D eigenvalue weighted by molar-refractivity contribution is 5.72. The maximum absolute atomic E-state index is 14.2. The minimum absolute atomic E-state index is 0.171. The molecule has 0 unspecified atom stereocenters. The molecule has 4 rings (SSSR count). The molecule has 5 heteroatoms. The molecule has 4 nitrogen and oxygen atoms in total. The Bertz CT molecular complexity index is 1180. The molecule has 1 aromatic heterocycles. The molecular weight excluding hydrogens is 447 g/mol. The first-order chi connectivity index (χ1) is 17.2. The fraction of sp³-hybridized carbons (Fsp3) is 0.452. The first-order valence-electron chi connectivity index (χ1n) is 13.1. The van der Waals surface area contributed by atoms with Crippen LogP contribution in [0.2, 0.25) is 0 Å². The lowest BCUT2D eigenvalue weighted by atomic mass is 9.80. The molecule has 1 saturated carbocycles. The van der Waals surface area contributed by atoms with Crippen molar-refractivity contribution in [3.8, 4) is 0 Å². The molecule has 1 aliphatic heterocycles. The summed E-state index contributed by atoms with van der Waals surface area (Å²) in [5.41, 5.74) is 9.29. The molecule has 36 heavy (non-hydrogen) atoms. The van der Waals surface area contributed by atoms with Gasteiger partial charge in [0, 0.05) is 42.0 Å². The highest BCUT2D eigenvalue weighted by atomic mass is 19.1. The number of allylic oxidation sites excluding steroid dienone is 2. The van der Waals surface area contributed by atoms with E-state index < -0.39 is 0 Å². The van der Waals surface area contributed by atoms with E-state index in [1.54, 1.807) is 0 Å². The first kappa shape index (κ1) is 26.2. The lowest BCUT2D eigenvalue weighted by Crippen LogP contribution is -2.38. The van der Waals surface area contributed by atoms with Gasteiger partial charge in [-0.1, -0.05) is 38.6 Å². The van der Waals surface area contributed by atoms with Crippen molar-refractivity contribution in [3.05, 3.63) is 94.9 Å². The number of hydrogen-bond acceptors (Lipinski definition) is 4. The van der Waals surface area contributed by atoms with Crippen LogP contribution in [0.15, 0.2) is 55.5 Å². The zero-order valence-corrected chi connectivity index (χ0v) is 22.7. The minimum Gasteiger partial charge on any atom is -0.365 e. The molecule has 0 bridgehead atoms. The lowest BCUT2D eigenvalue weighted by Gasteiger charge is -2.40. The van der Waals surface area contributed by atoms with Gasteiger partial charge in [0.05, 0.1) is 18.4 Å². The summed E-state index contributed by atoms with van der Waals surface area (Å²) in [6.07, 6.45) is 9.56. The van der Waals surface area contributed by atoms with E-state index in [-0.39, 0.29) is 11.2 Å². The number of aromatic nitrogens is 1. The van der Waals surface area contributed by atoms with Gasteiger partial charge in [0.2, 0.25) is 0 Å². The van der Waals surface area contributed by atoms with Crippen molar-refractivity contribution in [3.63, 3.8) is 0 Å². The number of aryl methyl sites for hydroxylation is 1. The maximum atomic E-state index is 14.2. The molecule has 2 aliphatic rings. The zero-order chi connectivity index (χ0) is 26.0. The van der Waals surface area contributed by atoms with Gasteiger partial charge < -0.3 is 14.7 Å². The summed E-state index contributed by atoms with van der Waals surface area (Å²) in [6, 6.07) is 6.67. The van der Waals surface area contributed by atoms with Gasteiger partial charge in [-0.2, -0.15) is 0 Å².